The monoisotopic (exact) mass is 238 g/mol. The van der Waals surface area contributed by atoms with E-state index in [1.54, 1.807) is 0 Å². The van der Waals surface area contributed by atoms with Crippen LogP contribution < -0.4 is 10.6 Å². The van der Waals surface area contributed by atoms with E-state index in [1.807, 2.05) is 0 Å². The molecule has 2 aliphatic rings. The van der Waals surface area contributed by atoms with Gasteiger partial charge in [0, 0.05) is 6.04 Å². The minimum Gasteiger partial charge on any atom is -0.352 e. The van der Waals surface area contributed by atoms with E-state index in [9.17, 15) is 4.79 Å². The fourth-order valence-corrected chi connectivity index (χ4v) is 3.25. The van der Waals surface area contributed by atoms with Crippen LogP contribution in [0.15, 0.2) is 0 Å². The summed E-state index contributed by atoms with van der Waals surface area (Å²) in [5, 5.41) is 6.62. The van der Waals surface area contributed by atoms with Gasteiger partial charge in [-0.2, -0.15) is 0 Å². The Kier molecular flexibility index (Phi) is 4.84. The predicted molar refractivity (Wildman–Crippen MR) is 69.8 cm³/mol. The molecule has 3 unspecified atom stereocenters. The number of piperidine rings is 1. The van der Waals surface area contributed by atoms with Gasteiger partial charge in [0.1, 0.15) is 0 Å². The first-order valence-corrected chi connectivity index (χ1v) is 7.35. The van der Waals surface area contributed by atoms with E-state index in [2.05, 4.69) is 17.6 Å². The molecule has 2 fully saturated rings. The molecule has 3 nitrogen and oxygen atoms in total. The van der Waals surface area contributed by atoms with Crippen molar-refractivity contribution < 1.29 is 4.79 Å². The molecule has 2 rings (SSSR count). The number of nitrogens with one attached hydrogen (secondary N) is 2. The van der Waals surface area contributed by atoms with Crippen molar-refractivity contribution >= 4 is 5.91 Å². The second-order valence-electron chi connectivity index (χ2n) is 5.57. The van der Waals surface area contributed by atoms with Crippen LogP contribution in [-0.4, -0.2) is 24.5 Å². The Labute approximate surface area is 105 Å². The molecule has 0 aromatic heterocycles. The highest BCUT2D eigenvalue weighted by molar-refractivity contribution is 5.82. The Bertz CT molecular complexity index is 249. The Morgan fingerprint density at radius 2 is 1.94 bits per heavy atom. The van der Waals surface area contributed by atoms with Gasteiger partial charge in [-0.1, -0.05) is 32.6 Å². The van der Waals surface area contributed by atoms with Crippen molar-refractivity contribution in [3.8, 4) is 0 Å². The molecule has 2 N–H and O–H groups in total. The second-order valence-corrected chi connectivity index (χ2v) is 5.57. The van der Waals surface area contributed by atoms with Crippen molar-refractivity contribution in [3.63, 3.8) is 0 Å². The quantitative estimate of drug-likeness (QED) is 0.791. The van der Waals surface area contributed by atoms with Gasteiger partial charge in [0.05, 0.1) is 6.04 Å². The molecule has 0 aromatic carbocycles. The zero-order chi connectivity index (χ0) is 12.1. The van der Waals surface area contributed by atoms with Crippen LogP contribution in [0.3, 0.4) is 0 Å². The first-order valence-electron chi connectivity index (χ1n) is 7.35. The summed E-state index contributed by atoms with van der Waals surface area (Å²) in [5.74, 6) is 0.950. The molecule has 0 spiro atoms. The second kappa shape index (κ2) is 6.39. The fraction of sp³-hybridized carbons (Fsp3) is 0.929. The summed E-state index contributed by atoms with van der Waals surface area (Å²) in [7, 11) is 0. The van der Waals surface area contributed by atoms with Crippen LogP contribution in [0.5, 0.6) is 0 Å². The summed E-state index contributed by atoms with van der Waals surface area (Å²) >= 11 is 0. The number of carbonyl (C=O) groups is 1. The summed E-state index contributed by atoms with van der Waals surface area (Å²) in [6.07, 6.45) is 9.69. The molecule has 3 heteroatoms. The Morgan fingerprint density at radius 1 is 1.18 bits per heavy atom. The normalized spacial score (nSPS) is 34.3. The summed E-state index contributed by atoms with van der Waals surface area (Å²) in [6.45, 7) is 3.24. The lowest BCUT2D eigenvalue weighted by Gasteiger charge is -2.33. The maximum Gasteiger partial charge on any atom is 0.237 e. The molecule has 0 aromatic rings. The van der Waals surface area contributed by atoms with Crippen LogP contribution in [0.4, 0.5) is 0 Å². The Hall–Kier alpha value is -0.570. The standard InChI is InChI=1S/C14H26N2O/c1-2-11-7-3-4-8-12(11)16-14(17)13-9-5-6-10-15-13/h11-13,15H,2-10H2,1H3,(H,16,17). The highest BCUT2D eigenvalue weighted by Crippen LogP contribution is 2.26. The zero-order valence-electron chi connectivity index (χ0n) is 11.0. The van der Waals surface area contributed by atoms with Crippen molar-refractivity contribution in [2.45, 2.75) is 70.4 Å². The number of carbonyl (C=O) groups excluding carboxylic acids is 1. The van der Waals surface area contributed by atoms with E-state index in [1.165, 1.54) is 44.9 Å². The highest BCUT2D eigenvalue weighted by atomic mass is 16.2. The third-order valence-electron chi connectivity index (χ3n) is 4.39. The molecule has 1 heterocycles. The largest absolute Gasteiger partial charge is 0.352 e. The SMILES string of the molecule is CCC1CCCCC1NC(=O)C1CCCCN1. The fourth-order valence-electron chi connectivity index (χ4n) is 3.25. The third kappa shape index (κ3) is 3.44. The smallest absolute Gasteiger partial charge is 0.237 e. The van der Waals surface area contributed by atoms with Gasteiger partial charge in [0.15, 0.2) is 0 Å². The first-order chi connectivity index (χ1) is 8.31. The molecule has 0 radical (unpaired) electrons. The van der Waals surface area contributed by atoms with Crippen LogP contribution in [0, 0.1) is 5.92 Å². The number of hydrogen-bond acceptors (Lipinski definition) is 2. The van der Waals surface area contributed by atoms with Crippen LogP contribution in [0.25, 0.3) is 0 Å². The molecule has 98 valence electrons. The predicted octanol–water partition coefficient (Wildman–Crippen LogP) is 2.21. The van der Waals surface area contributed by atoms with Gasteiger partial charge >= 0.3 is 0 Å². The summed E-state index contributed by atoms with van der Waals surface area (Å²) in [5.41, 5.74) is 0. The Morgan fingerprint density at radius 3 is 2.65 bits per heavy atom. The van der Waals surface area contributed by atoms with Crippen molar-refractivity contribution in [1.82, 2.24) is 10.6 Å². The van der Waals surface area contributed by atoms with E-state index >= 15 is 0 Å². The van der Waals surface area contributed by atoms with Gasteiger partial charge in [-0.05, 0) is 38.1 Å². The zero-order valence-corrected chi connectivity index (χ0v) is 11.0. The van der Waals surface area contributed by atoms with Crippen LogP contribution >= 0.6 is 0 Å². The molecule has 1 aliphatic carbocycles. The average molecular weight is 238 g/mol. The number of rotatable bonds is 3. The Balaban J connectivity index is 1.83. The minimum atomic E-state index is 0.0724. The van der Waals surface area contributed by atoms with Crippen molar-refractivity contribution in [1.29, 1.82) is 0 Å². The molecule has 1 aliphatic heterocycles. The van der Waals surface area contributed by atoms with Crippen molar-refractivity contribution in [2.24, 2.45) is 5.92 Å². The molecule has 1 saturated carbocycles. The lowest BCUT2D eigenvalue weighted by atomic mass is 9.82. The van der Waals surface area contributed by atoms with E-state index in [4.69, 9.17) is 0 Å². The maximum atomic E-state index is 12.2. The summed E-state index contributed by atoms with van der Waals surface area (Å²) in [6, 6.07) is 0.508. The maximum absolute atomic E-state index is 12.2. The van der Waals surface area contributed by atoms with E-state index in [0.29, 0.717) is 12.0 Å². The summed E-state index contributed by atoms with van der Waals surface area (Å²) in [4.78, 5) is 12.2. The van der Waals surface area contributed by atoms with Gasteiger partial charge in [0.2, 0.25) is 5.91 Å². The van der Waals surface area contributed by atoms with E-state index in [0.717, 1.165) is 13.0 Å². The van der Waals surface area contributed by atoms with E-state index in [-0.39, 0.29) is 11.9 Å². The number of amides is 1. The lowest BCUT2D eigenvalue weighted by Crippen LogP contribution is -2.51. The van der Waals surface area contributed by atoms with Crippen LogP contribution in [0.2, 0.25) is 0 Å². The van der Waals surface area contributed by atoms with Crippen molar-refractivity contribution in [2.75, 3.05) is 6.54 Å². The third-order valence-corrected chi connectivity index (χ3v) is 4.39. The lowest BCUT2D eigenvalue weighted by molar-refractivity contribution is -0.125. The van der Waals surface area contributed by atoms with E-state index < -0.39 is 0 Å². The highest BCUT2D eigenvalue weighted by Gasteiger charge is 2.28. The molecule has 1 saturated heterocycles. The molecular weight excluding hydrogens is 212 g/mol. The topological polar surface area (TPSA) is 41.1 Å². The number of hydrogen-bond donors (Lipinski definition) is 2. The van der Waals surface area contributed by atoms with Gasteiger partial charge in [-0.25, -0.2) is 0 Å². The van der Waals surface area contributed by atoms with Gasteiger partial charge in [-0.3, -0.25) is 4.79 Å². The summed E-state index contributed by atoms with van der Waals surface area (Å²) < 4.78 is 0. The molecular formula is C14H26N2O. The van der Waals surface area contributed by atoms with Crippen molar-refractivity contribution in [3.05, 3.63) is 0 Å². The van der Waals surface area contributed by atoms with Crippen LogP contribution in [-0.2, 0) is 4.79 Å². The van der Waals surface area contributed by atoms with Gasteiger partial charge in [0.25, 0.3) is 0 Å². The minimum absolute atomic E-state index is 0.0724. The van der Waals surface area contributed by atoms with Crippen LogP contribution in [0.1, 0.15) is 58.3 Å². The average Bonchev–Trinajstić information content (AvgIpc) is 2.40. The first kappa shape index (κ1) is 12.9. The molecule has 1 amide bonds. The van der Waals surface area contributed by atoms with Gasteiger partial charge < -0.3 is 10.6 Å². The molecule has 17 heavy (non-hydrogen) atoms. The molecule has 3 atom stereocenters. The molecule has 0 bridgehead atoms. The van der Waals surface area contributed by atoms with Gasteiger partial charge in [-0.15, -0.1) is 0 Å².